The number of hydrogen-bond donors (Lipinski definition) is 0. The standard InChI is InChI=1S/C13H13FN4OS/c1-17-12(19)8-20-13(17)11-7-18(16-15-11)6-9-4-2-3-5-10(9)14/h2-5,7,13H,6,8H2,1H3/t13-/m0/s1. The summed E-state index contributed by atoms with van der Waals surface area (Å²) >= 11 is 1.52. The van der Waals surface area contributed by atoms with Gasteiger partial charge in [-0.3, -0.25) is 4.79 Å². The lowest BCUT2D eigenvalue weighted by molar-refractivity contribution is -0.126. The van der Waals surface area contributed by atoms with Crippen molar-refractivity contribution >= 4 is 17.7 Å². The van der Waals surface area contributed by atoms with Gasteiger partial charge in [0, 0.05) is 12.6 Å². The van der Waals surface area contributed by atoms with E-state index in [1.807, 2.05) is 0 Å². The third-order valence-corrected chi connectivity index (χ3v) is 4.50. The number of carbonyl (C=O) groups is 1. The number of carbonyl (C=O) groups excluding carboxylic acids is 1. The molecule has 20 heavy (non-hydrogen) atoms. The van der Waals surface area contributed by atoms with Crippen molar-refractivity contribution in [2.45, 2.75) is 11.9 Å². The lowest BCUT2D eigenvalue weighted by Gasteiger charge is -2.15. The molecule has 0 radical (unpaired) electrons. The van der Waals surface area contributed by atoms with E-state index in [0.29, 0.717) is 17.9 Å². The third-order valence-electron chi connectivity index (χ3n) is 3.21. The molecule has 0 saturated carbocycles. The maximum absolute atomic E-state index is 13.6. The molecule has 1 amide bonds. The zero-order valence-electron chi connectivity index (χ0n) is 10.9. The minimum absolute atomic E-state index is 0.0867. The van der Waals surface area contributed by atoms with Gasteiger partial charge in [0.1, 0.15) is 16.9 Å². The molecule has 0 aliphatic carbocycles. The number of hydrogen-bond acceptors (Lipinski definition) is 4. The van der Waals surface area contributed by atoms with Gasteiger partial charge >= 0.3 is 0 Å². The van der Waals surface area contributed by atoms with Gasteiger partial charge in [-0.05, 0) is 6.07 Å². The van der Waals surface area contributed by atoms with Crippen molar-refractivity contribution in [2.75, 3.05) is 12.8 Å². The molecule has 1 aliphatic heterocycles. The Morgan fingerprint density at radius 3 is 2.95 bits per heavy atom. The van der Waals surface area contributed by atoms with Crippen LogP contribution in [0, 0.1) is 5.82 Å². The van der Waals surface area contributed by atoms with Crippen LogP contribution in [0.5, 0.6) is 0 Å². The van der Waals surface area contributed by atoms with Gasteiger partial charge in [-0.25, -0.2) is 9.07 Å². The summed E-state index contributed by atoms with van der Waals surface area (Å²) in [6.07, 6.45) is 1.76. The van der Waals surface area contributed by atoms with Gasteiger partial charge in [-0.2, -0.15) is 0 Å². The normalized spacial score (nSPS) is 18.8. The Balaban J connectivity index is 1.78. The summed E-state index contributed by atoms with van der Waals surface area (Å²) in [4.78, 5) is 13.2. The van der Waals surface area contributed by atoms with Gasteiger partial charge in [0.15, 0.2) is 0 Å². The summed E-state index contributed by atoms with van der Waals surface area (Å²) in [7, 11) is 1.75. The average Bonchev–Trinajstić information content (AvgIpc) is 3.01. The van der Waals surface area contributed by atoms with Crippen LogP contribution in [-0.2, 0) is 11.3 Å². The van der Waals surface area contributed by atoms with E-state index in [-0.39, 0.29) is 17.1 Å². The van der Waals surface area contributed by atoms with E-state index in [2.05, 4.69) is 10.3 Å². The van der Waals surface area contributed by atoms with Crippen molar-refractivity contribution in [3.05, 3.63) is 47.5 Å². The fourth-order valence-corrected chi connectivity index (χ4v) is 3.21. The quantitative estimate of drug-likeness (QED) is 0.863. The number of benzene rings is 1. The van der Waals surface area contributed by atoms with E-state index < -0.39 is 0 Å². The van der Waals surface area contributed by atoms with Crippen LogP contribution in [0.1, 0.15) is 16.6 Å². The van der Waals surface area contributed by atoms with E-state index >= 15 is 0 Å². The van der Waals surface area contributed by atoms with Crippen LogP contribution in [0.4, 0.5) is 4.39 Å². The molecule has 2 heterocycles. The van der Waals surface area contributed by atoms with Crippen LogP contribution < -0.4 is 0 Å². The summed E-state index contributed by atoms with van der Waals surface area (Å²) < 4.78 is 15.2. The van der Waals surface area contributed by atoms with Crippen molar-refractivity contribution in [3.8, 4) is 0 Å². The minimum Gasteiger partial charge on any atom is -0.327 e. The Hall–Kier alpha value is -1.89. The van der Waals surface area contributed by atoms with E-state index in [0.717, 1.165) is 5.69 Å². The highest BCUT2D eigenvalue weighted by molar-refractivity contribution is 8.00. The summed E-state index contributed by atoms with van der Waals surface area (Å²) in [6, 6.07) is 6.58. The monoisotopic (exact) mass is 292 g/mol. The SMILES string of the molecule is CN1C(=O)CS[C@H]1c1cn(Cc2ccccc2F)nn1. The largest absolute Gasteiger partial charge is 0.327 e. The Bertz CT molecular complexity index is 645. The van der Waals surface area contributed by atoms with Crippen LogP contribution in [0.2, 0.25) is 0 Å². The van der Waals surface area contributed by atoms with Crippen molar-refractivity contribution in [3.63, 3.8) is 0 Å². The molecule has 1 aliphatic rings. The number of rotatable bonds is 3. The molecule has 0 unspecified atom stereocenters. The third kappa shape index (κ3) is 2.40. The van der Waals surface area contributed by atoms with Crippen LogP contribution in [0.3, 0.4) is 0 Å². The van der Waals surface area contributed by atoms with Gasteiger partial charge in [0.05, 0.1) is 18.5 Å². The van der Waals surface area contributed by atoms with E-state index in [1.165, 1.54) is 17.8 Å². The number of amides is 1. The second-order valence-corrected chi connectivity index (χ2v) is 5.67. The van der Waals surface area contributed by atoms with E-state index in [9.17, 15) is 9.18 Å². The van der Waals surface area contributed by atoms with E-state index in [1.54, 1.807) is 41.0 Å². The van der Waals surface area contributed by atoms with Crippen LogP contribution in [-0.4, -0.2) is 38.6 Å². The first-order valence-electron chi connectivity index (χ1n) is 6.16. The minimum atomic E-state index is -0.257. The molecule has 0 N–H and O–H groups in total. The Morgan fingerprint density at radius 1 is 1.45 bits per heavy atom. The predicted molar refractivity (Wildman–Crippen MR) is 73.5 cm³/mol. The van der Waals surface area contributed by atoms with Crippen molar-refractivity contribution in [2.24, 2.45) is 0 Å². The number of aromatic nitrogens is 3. The maximum atomic E-state index is 13.6. The predicted octanol–water partition coefficient (Wildman–Crippen LogP) is 1.67. The zero-order valence-corrected chi connectivity index (χ0v) is 11.7. The Kier molecular flexibility index (Phi) is 3.43. The van der Waals surface area contributed by atoms with Gasteiger partial charge in [-0.1, -0.05) is 23.4 Å². The molecule has 7 heteroatoms. The molecule has 1 atom stereocenters. The summed E-state index contributed by atoms with van der Waals surface area (Å²) in [6.45, 7) is 0.328. The first-order chi connectivity index (χ1) is 9.65. The molecule has 1 fully saturated rings. The number of halogens is 1. The summed E-state index contributed by atoms with van der Waals surface area (Å²) in [5, 5.41) is 7.99. The molecule has 0 bridgehead atoms. The fraction of sp³-hybridized carbons (Fsp3) is 0.308. The second kappa shape index (κ2) is 5.24. The van der Waals surface area contributed by atoms with Gasteiger partial charge in [0.2, 0.25) is 5.91 Å². The van der Waals surface area contributed by atoms with Gasteiger partial charge < -0.3 is 4.90 Å². The second-order valence-electron chi connectivity index (χ2n) is 4.60. The molecule has 1 aromatic heterocycles. The highest BCUT2D eigenvalue weighted by atomic mass is 32.2. The summed E-state index contributed by atoms with van der Waals surface area (Å²) in [5.41, 5.74) is 1.28. The average molecular weight is 292 g/mol. The maximum Gasteiger partial charge on any atom is 0.233 e. The first-order valence-corrected chi connectivity index (χ1v) is 7.21. The molecule has 104 valence electrons. The van der Waals surface area contributed by atoms with Crippen LogP contribution in [0.15, 0.2) is 30.5 Å². The van der Waals surface area contributed by atoms with Gasteiger partial charge in [0.25, 0.3) is 0 Å². The van der Waals surface area contributed by atoms with Gasteiger partial charge in [-0.15, -0.1) is 16.9 Å². The van der Waals surface area contributed by atoms with Crippen molar-refractivity contribution in [1.82, 2.24) is 19.9 Å². The lowest BCUT2D eigenvalue weighted by atomic mass is 10.2. The van der Waals surface area contributed by atoms with Crippen molar-refractivity contribution in [1.29, 1.82) is 0 Å². The number of nitrogens with zero attached hydrogens (tertiary/aromatic N) is 4. The zero-order chi connectivity index (χ0) is 14.1. The smallest absolute Gasteiger partial charge is 0.233 e. The highest BCUT2D eigenvalue weighted by Crippen LogP contribution is 2.35. The Labute approximate surface area is 119 Å². The molecule has 2 aromatic rings. The molecule has 5 nitrogen and oxygen atoms in total. The van der Waals surface area contributed by atoms with Crippen LogP contribution in [0.25, 0.3) is 0 Å². The highest BCUT2D eigenvalue weighted by Gasteiger charge is 2.31. The lowest BCUT2D eigenvalue weighted by Crippen LogP contribution is -2.23. The Morgan fingerprint density at radius 2 is 2.25 bits per heavy atom. The van der Waals surface area contributed by atoms with E-state index in [4.69, 9.17) is 0 Å². The molecular formula is C13H13FN4OS. The topological polar surface area (TPSA) is 51.0 Å². The molecule has 1 saturated heterocycles. The fourth-order valence-electron chi connectivity index (χ4n) is 2.08. The molecule has 1 aromatic carbocycles. The summed E-state index contributed by atoms with van der Waals surface area (Å²) in [5.74, 6) is 0.289. The molecular weight excluding hydrogens is 279 g/mol. The van der Waals surface area contributed by atoms with Crippen molar-refractivity contribution < 1.29 is 9.18 Å². The number of thioether (sulfide) groups is 1. The molecule has 0 spiro atoms. The molecule has 3 rings (SSSR count). The van der Waals surface area contributed by atoms with Crippen LogP contribution >= 0.6 is 11.8 Å². The first kappa shape index (κ1) is 13.1.